The lowest BCUT2D eigenvalue weighted by atomic mass is 10.1. The van der Waals surface area contributed by atoms with Crippen LogP contribution in [0.3, 0.4) is 0 Å². The van der Waals surface area contributed by atoms with Gasteiger partial charge in [0, 0.05) is 36.2 Å². The largest absolute Gasteiger partial charge is 0.497 e. The molecule has 0 spiro atoms. The van der Waals surface area contributed by atoms with Gasteiger partial charge in [-0.1, -0.05) is 0 Å². The van der Waals surface area contributed by atoms with Crippen LogP contribution < -0.4 is 14.8 Å². The molecule has 0 radical (unpaired) electrons. The average molecular weight is 559 g/mol. The van der Waals surface area contributed by atoms with E-state index in [1.165, 1.54) is 29.2 Å². The number of nitrogens with one attached hydrogen (secondary N) is 1. The molecule has 0 bridgehead atoms. The van der Waals surface area contributed by atoms with E-state index in [1.54, 1.807) is 18.8 Å². The summed E-state index contributed by atoms with van der Waals surface area (Å²) in [5.74, 6) is 0.446. The van der Waals surface area contributed by atoms with Crippen molar-refractivity contribution >= 4 is 17.8 Å². The Hall–Kier alpha value is -4.70. The summed E-state index contributed by atoms with van der Waals surface area (Å²) in [6.07, 6.45) is 3.34. The van der Waals surface area contributed by atoms with E-state index in [4.69, 9.17) is 19.2 Å². The lowest BCUT2D eigenvalue weighted by molar-refractivity contribution is -0.117. The van der Waals surface area contributed by atoms with Gasteiger partial charge in [-0.25, -0.2) is 9.37 Å². The van der Waals surface area contributed by atoms with Gasteiger partial charge in [-0.3, -0.25) is 19.5 Å². The van der Waals surface area contributed by atoms with E-state index in [-0.39, 0.29) is 31.0 Å². The Bertz CT molecular complexity index is 1480. The number of aromatic nitrogens is 2. The summed E-state index contributed by atoms with van der Waals surface area (Å²) in [5, 5.41) is 2.88. The summed E-state index contributed by atoms with van der Waals surface area (Å²) in [4.78, 5) is 32.9. The molecule has 2 amide bonds. The van der Waals surface area contributed by atoms with Gasteiger partial charge in [0.2, 0.25) is 11.9 Å². The van der Waals surface area contributed by atoms with E-state index in [0.29, 0.717) is 29.4 Å². The summed E-state index contributed by atoms with van der Waals surface area (Å²) in [6, 6.07) is 20.1. The minimum Gasteiger partial charge on any atom is -0.497 e. The number of nitrogens with zero attached hydrogens (tertiary/aromatic N) is 3. The molecule has 212 valence electrons. The third-order valence-corrected chi connectivity index (χ3v) is 6.85. The van der Waals surface area contributed by atoms with Crippen LogP contribution in [0.25, 0.3) is 16.9 Å². The second kappa shape index (κ2) is 12.6. The number of hydrogen-bond donors (Lipinski definition) is 1. The quantitative estimate of drug-likeness (QED) is 0.296. The van der Waals surface area contributed by atoms with Crippen LogP contribution in [-0.4, -0.2) is 66.3 Å². The van der Waals surface area contributed by atoms with Crippen molar-refractivity contribution in [2.24, 2.45) is 0 Å². The monoisotopic (exact) mass is 558 g/mol. The molecule has 1 aliphatic heterocycles. The van der Waals surface area contributed by atoms with Crippen molar-refractivity contribution in [3.8, 4) is 28.4 Å². The van der Waals surface area contributed by atoms with Crippen LogP contribution in [0.1, 0.15) is 23.2 Å². The number of imidazole rings is 1. The maximum atomic E-state index is 13.5. The van der Waals surface area contributed by atoms with Crippen LogP contribution in [0.15, 0.2) is 79.0 Å². The summed E-state index contributed by atoms with van der Waals surface area (Å²) < 4.78 is 31.5. The number of carbonyl (C=O) groups excluding carboxylic acids is 2. The number of benzene rings is 3. The van der Waals surface area contributed by atoms with Crippen LogP contribution >= 0.6 is 0 Å². The first-order valence-electron chi connectivity index (χ1n) is 13.3. The molecule has 5 rings (SSSR count). The zero-order valence-corrected chi connectivity index (χ0v) is 22.9. The van der Waals surface area contributed by atoms with E-state index in [2.05, 4.69) is 5.32 Å². The average Bonchev–Trinajstić information content (AvgIpc) is 3.67. The molecule has 1 fully saturated rings. The molecule has 0 saturated carbocycles. The molecule has 0 aliphatic carbocycles. The van der Waals surface area contributed by atoms with Gasteiger partial charge >= 0.3 is 0 Å². The van der Waals surface area contributed by atoms with Crippen molar-refractivity contribution in [1.82, 2.24) is 14.5 Å². The second-order valence-corrected chi connectivity index (χ2v) is 9.62. The molecular formula is C31H31FN4O5. The topological polar surface area (TPSA) is 94.9 Å². The number of rotatable bonds is 10. The zero-order valence-electron chi connectivity index (χ0n) is 22.9. The van der Waals surface area contributed by atoms with Gasteiger partial charge in [-0.2, -0.15) is 0 Å². The molecular weight excluding hydrogens is 527 g/mol. The molecule has 41 heavy (non-hydrogen) atoms. The molecule has 1 aliphatic rings. The van der Waals surface area contributed by atoms with Crippen LogP contribution in [0.5, 0.6) is 11.5 Å². The van der Waals surface area contributed by atoms with Crippen LogP contribution in [0.4, 0.5) is 10.3 Å². The third-order valence-electron chi connectivity index (χ3n) is 6.85. The van der Waals surface area contributed by atoms with Crippen LogP contribution in [0.2, 0.25) is 0 Å². The summed E-state index contributed by atoms with van der Waals surface area (Å²) >= 11 is 0. The van der Waals surface area contributed by atoms with Crippen molar-refractivity contribution in [3.05, 3.63) is 90.4 Å². The summed E-state index contributed by atoms with van der Waals surface area (Å²) in [5.41, 5.74) is 2.52. The van der Waals surface area contributed by atoms with Gasteiger partial charge in [-0.15, -0.1) is 0 Å². The number of ether oxygens (including phenoxy) is 3. The number of amides is 2. The summed E-state index contributed by atoms with van der Waals surface area (Å²) in [6.45, 7) is 0.625. The highest BCUT2D eigenvalue weighted by molar-refractivity contribution is 5.99. The normalized spacial score (nSPS) is 14.5. The standard InChI is InChI=1S/C31H31FN4O5/c1-39-25-13-7-21(8-14-25)28-19-36(24-11-15-26(40-2)16-12-24)31(33-28)34-29(37)20-35(18-27-4-3-17-41-27)30(38)22-5-9-23(32)10-6-22/h5-16,19,27H,3-4,17-18,20H2,1-2H3,(H,33,34,37). The highest BCUT2D eigenvalue weighted by atomic mass is 19.1. The first-order valence-corrected chi connectivity index (χ1v) is 13.3. The molecule has 2 heterocycles. The van der Waals surface area contributed by atoms with Crippen molar-refractivity contribution in [3.63, 3.8) is 0 Å². The minimum absolute atomic E-state index is 0.171. The Morgan fingerprint density at radius 2 is 1.66 bits per heavy atom. The fraction of sp³-hybridized carbons (Fsp3) is 0.258. The molecule has 4 aromatic rings. The smallest absolute Gasteiger partial charge is 0.254 e. The summed E-state index contributed by atoms with van der Waals surface area (Å²) in [7, 11) is 3.19. The Morgan fingerprint density at radius 1 is 1.00 bits per heavy atom. The second-order valence-electron chi connectivity index (χ2n) is 9.62. The lowest BCUT2D eigenvalue weighted by Gasteiger charge is -2.25. The molecule has 1 aromatic heterocycles. The van der Waals surface area contributed by atoms with Crippen molar-refractivity contribution < 1.29 is 28.2 Å². The Morgan fingerprint density at radius 3 is 2.27 bits per heavy atom. The van der Waals surface area contributed by atoms with E-state index in [9.17, 15) is 14.0 Å². The van der Waals surface area contributed by atoms with Gasteiger partial charge < -0.3 is 19.1 Å². The third kappa shape index (κ3) is 6.72. The van der Waals surface area contributed by atoms with Gasteiger partial charge in [-0.05, 0) is 85.6 Å². The fourth-order valence-electron chi connectivity index (χ4n) is 4.67. The lowest BCUT2D eigenvalue weighted by Crippen LogP contribution is -2.42. The first kappa shape index (κ1) is 27.9. The van der Waals surface area contributed by atoms with Crippen LogP contribution in [0, 0.1) is 5.82 Å². The highest BCUT2D eigenvalue weighted by Gasteiger charge is 2.26. The number of anilines is 1. The number of methoxy groups -OCH3 is 2. The van der Waals surface area contributed by atoms with Crippen molar-refractivity contribution in [1.29, 1.82) is 0 Å². The van der Waals surface area contributed by atoms with E-state index in [0.717, 1.165) is 24.1 Å². The van der Waals surface area contributed by atoms with E-state index >= 15 is 0 Å². The van der Waals surface area contributed by atoms with Crippen molar-refractivity contribution in [2.75, 3.05) is 39.2 Å². The SMILES string of the molecule is COc1ccc(-c2cn(-c3ccc(OC)cc3)c(NC(=O)CN(CC3CCCO3)C(=O)c3ccc(F)cc3)n2)cc1. The minimum atomic E-state index is -0.442. The molecule has 1 N–H and O–H groups in total. The molecule has 1 saturated heterocycles. The van der Waals surface area contributed by atoms with Crippen LogP contribution in [-0.2, 0) is 9.53 Å². The Balaban J connectivity index is 1.41. The molecule has 9 nitrogen and oxygen atoms in total. The predicted octanol–water partition coefficient (Wildman–Crippen LogP) is 4.96. The molecule has 1 atom stereocenters. The highest BCUT2D eigenvalue weighted by Crippen LogP contribution is 2.27. The maximum absolute atomic E-state index is 13.5. The molecule has 10 heteroatoms. The predicted molar refractivity (Wildman–Crippen MR) is 152 cm³/mol. The number of halogens is 1. The molecule has 3 aromatic carbocycles. The Kier molecular flexibility index (Phi) is 8.59. The Labute approximate surface area is 237 Å². The van der Waals surface area contributed by atoms with E-state index < -0.39 is 11.7 Å². The zero-order chi connectivity index (χ0) is 28.8. The number of hydrogen-bond acceptors (Lipinski definition) is 6. The molecule has 1 unspecified atom stereocenters. The van der Waals surface area contributed by atoms with Gasteiger partial charge in [0.05, 0.1) is 26.0 Å². The van der Waals surface area contributed by atoms with Crippen molar-refractivity contribution in [2.45, 2.75) is 18.9 Å². The van der Waals surface area contributed by atoms with Gasteiger partial charge in [0.15, 0.2) is 0 Å². The number of carbonyl (C=O) groups is 2. The van der Waals surface area contributed by atoms with Gasteiger partial charge in [0.1, 0.15) is 23.9 Å². The van der Waals surface area contributed by atoms with Gasteiger partial charge in [0.25, 0.3) is 5.91 Å². The van der Waals surface area contributed by atoms with E-state index in [1.807, 2.05) is 54.7 Å². The maximum Gasteiger partial charge on any atom is 0.254 e. The fourth-order valence-corrected chi connectivity index (χ4v) is 4.67. The first-order chi connectivity index (χ1) is 19.9.